The van der Waals surface area contributed by atoms with Crippen LogP contribution in [0.2, 0.25) is 0 Å². The summed E-state index contributed by atoms with van der Waals surface area (Å²) in [5.41, 5.74) is 3.84. The van der Waals surface area contributed by atoms with Crippen LogP contribution in [0.15, 0.2) is 60.7 Å². The van der Waals surface area contributed by atoms with Crippen LogP contribution in [0.3, 0.4) is 0 Å². The Bertz CT molecular complexity index is 1470. The molecule has 10 heteroatoms. The summed E-state index contributed by atoms with van der Waals surface area (Å²) in [7, 11) is 0. The number of carboxylic acid groups (broad SMARTS) is 2. The second-order valence-electron chi connectivity index (χ2n) is 11.4. The molecule has 1 fully saturated rings. The van der Waals surface area contributed by atoms with Crippen molar-refractivity contribution in [3.8, 4) is 22.6 Å². The molecule has 3 aromatic carbocycles. The van der Waals surface area contributed by atoms with E-state index in [2.05, 4.69) is 5.32 Å². The van der Waals surface area contributed by atoms with E-state index in [0.29, 0.717) is 55.2 Å². The van der Waals surface area contributed by atoms with Crippen molar-refractivity contribution in [1.82, 2.24) is 10.2 Å². The first-order chi connectivity index (χ1) is 22.3. The molecule has 1 heterocycles. The summed E-state index contributed by atoms with van der Waals surface area (Å²) in [4.78, 5) is 37.2. The van der Waals surface area contributed by atoms with E-state index in [4.69, 9.17) is 14.6 Å². The van der Waals surface area contributed by atoms with Crippen LogP contribution < -0.4 is 14.8 Å². The number of carboxylic acids is 2. The van der Waals surface area contributed by atoms with E-state index in [9.17, 15) is 23.9 Å². The van der Waals surface area contributed by atoms with E-state index in [1.807, 2.05) is 35.2 Å². The minimum Gasteiger partial charge on any atom is -0.494 e. The van der Waals surface area contributed by atoms with Gasteiger partial charge in [-0.1, -0.05) is 37.1 Å². The van der Waals surface area contributed by atoms with Crippen LogP contribution in [0.5, 0.6) is 11.5 Å². The maximum Gasteiger partial charge on any atom is 0.303 e. The lowest BCUT2D eigenvalue weighted by Crippen LogP contribution is -2.46. The number of hydrogen-bond donors (Lipinski definition) is 3. The summed E-state index contributed by atoms with van der Waals surface area (Å²) in [6.45, 7) is 3.48. The van der Waals surface area contributed by atoms with Crippen LogP contribution in [0, 0.1) is 5.82 Å². The smallest absolute Gasteiger partial charge is 0.303 e. The van der Waals surface area contributed by atoms with Gasteiger partial charge in [0.05, 0.1) is 13.2 Å². The normalized spacial score (nSPS) is 12.9. The largest absolute Gasteiger partial charge is 0.494 e. The van der Waals surface area contributed by atoms with Gasteiger partial charge in [0.1, 0.15) is 17.3 Å². The molecule has 246 valence electrons. The lowest BCUT2D eigenvalue weighted by molar-refractivity contribution is -0.138. The number of aliphatic carboxylic acids is 2. The Morgan fingerprint density at radius 2 is 1.50 bits per heavy atom. The fourth-order valence-electron chi connectivity index (χ4n) is 5.55. The number of nitrogens with zero attached hydrogens (tertiary/aromatic N) is 1. The third-order valence-electron chi connectivity index (χ3n) is 7.94. The fourth-order valence-corrected chi connectivity index (χ4v) is 5.55. The summed E-state index contributed by atoms with van der Waals surface area (Å²) in [5.74, 6) is -0.980. The predicted octanol–water partition coefficient (Wildman–Crippen LogP) is 5.98. The van der Waals surface area contributed by atoms with Gasteiger partial charge >= 0.3 is 11.9 Å². The number of amides is 1. The molecule has 1 amide bonds. The maximum atomic E-state index is 14.0. The first-order valence-corrected chi connectivity index (χ1v) is 16.0. The Morgan fingerprint density at radius 1 is 0.761 bits per heavy atom. The zero-order valence-corrected chi connectivity index (χ0v) is 26.1. The molecular formula is C36H43FN2O7. The summed E-state index contributed by atoms with van der Waals surface area (Å²) < 4.78 is 26.0. The number of benzene rings is 3. The zero-order valence-electron chi connectivity index (χ0n) is 26.1. The van der Waals surface area contributed by atoms with Crippen LogP contribution in [0.1, 0.15) is 66.4 Å². The van der Waals surface area contributed by atoms with Gasteiger partial charge in [-0.2, -0.15) is 0 Å². The number of carbonyl (C=O) groups excluding carboxylic acids is 1. The molecule has 0 aromatic heterocycles. The molecule has 0 radical (unpaired) electrons. The molecule has 0 bridgehead atoms. The standard InChI is InChI=1S/C36H43FN2O7/c37-30-11-5-10-27(23-30)28-22-29(36(44)39-18-16-38-17-19-39)25-31(24-28)45-20-4-2-1-3-8-26-9-6-12-33(32(26)14-15-35(42)43)46-21-7-13-34(40)41/h5-6,9-12,22-25,38H,1-4,7-8,13-21H2,(H,40,41)(H,42,43). The number of nitrogens with one attached hydrogen (secondary N) is 1. The Balaban J connectivity index is 1.31. The highest BCUT2D eigenvalue weighted by Gasteiger charge is 2.20. The van der Waals surface area contributed by atoms with E-state index in [1.54, 1.807) is 18.2 Å². The van der Waals surface area contributed by atoms with Gasteiger partial charge in [-0.3, -0.25) is 14.4 Å². The molecule has 0 aliphatic carbocycles. The summed E-state index contributed by atoms with van der Waals surface area (Å²) in [5, 5.41) is 21.4. The summed E-state index contributed by atoms with van der Waals surface area (Å²) >= 11 is 0. The average molecular weight is 635 g/mol. The Labute approximate surface area is 269 Å². The number of unbranched alkanes of at least 4 members (excludes halogenated alkanes) is 3. The molecule has 0 atom stereocenters. The molecule has 1 aliphatic heterocycles. The van der Waals surface area contributed by atoms with Crippen LogP contribution in [0.25, 0.3) is 11.1 Å². The molecule has 0 spiro atoms. The minimum atomic E-state index is -0.881. The molecule has 46 heavy (non-hydrogen) atoms. The molecule has 1 saturated heterocycles. The summed E-state index contributed by atoms with van der Waals surface area (Å²) in [6.07, 6.45) is 5.09. The Morgan fingerprint density at radius 3 is 2.26 bits per heavy atom. The fraction of sp³-hybridized carbons (Fsp3) is 0.417. The number of piperazine rings is 1. The molecule has 3 N–H and O–H groups in total. The minimum absolute atomic E-state index is 0.0111. The van der Waals surface area contributed by atoms with Crippen LogP contribution in [-0.2, 0) is 22.4 Å². The lowest BCUT2D eigenvalue weighted by Gasteiger charge is -2.27. The van der Waals surface area contributed by atoms with Gasteiger partial charge in [-0.05, 0) is 90.8 Å². The SMILES string of the molecule is O=C(O)CCCOc1cccc(CCCCCCOc2cc(C(=O)N3CCNCC3)cc(-c3cccc(F)c3)c2)c1CCC(=O)O. The topological polar surface area (TPSA) is 125 Å². The van der Waals surface area contributed by atoms with Crippen molar-refractivity contribution < 1.29 is 38.5 Å². The molecule has 9 nitrogen and oxygen atoms in total. The van der Waals surface area contributed by atoms with E-state index in [0.717, 1.165) is 61.9 Å². The van der Waals surface area contributed by atoms with Crippen LogP contribution in [0.4, 0.5) is 4.39 Å². The molecule has 4 rings (SSSR count). The van der Waals surface area contributed by atoms with Crippen molar-refractivity contribution in [2.45, 2.75) is 57.8 Å². The van der Waals surface area contributed by atoms with E-state index in [1.165, 1.54) is 12.1 Å². The van der Waals surface area contributed by atoms with E-state index < -0.39 is 11.9 Å². The van der Waals surface area contributed by atoms with Crippen molar-refractivity contribution in [1.29, 1.82) is 0 Å². The number of hydrogen-bond acceptors (Lipinski definition) is 6. The molecule has 0 saturated carbocycles. The number of aryl methyl sites for hydroxylation is 1. The Kier molecular flexibility index (Phi) is 13.4. The second-order valence-corrected chi connectivity index (χ2v) is 11.4. The quantitative estimate of drug-likeness (QED) is 0.146. The monoisotopic (exact) mass is 634 g/mol. The van der Waals surface area contributed by atoms with E-state index in [-0.39, 0.29) is 31.2 Å². The number of ether oxygens (including phenoxy) is 2. The first kappa shape index (κ1) is 34.4. The average Bonchev–Trinajstić information content (AvgIpc) is 3.05. The van der Waals surface area contributed by atoms with Gasteiger partial charge in [-0.25, -0.2) is 4.39 Å². The van der Waals surface area contributed by atoms with Crippen molar-refractivity contribution in [3.05, 3.63) is 83.2 Å². The molecule has 0 unspecified atom stereocenters. The Hall–Kier alpha value is -4.44. The van der Waals surface area contributed by atoms with Crippen molar-refractivity contribution in [3.63, 3.8) is 0 Å². The molecule has 1 aliphatic rings. The van der Waals surface area contributed by atoms with Gasteiger partial charge in [0.25, 0.3) is 5.91 Å². The number of carbonyl (C=O) groups is 3. The summed E-state index contributed by atoms with van der Waals surface area (Å²) in [6, 6.07) is 17.4. The van der Waals surface area contributed by atoms with Crippen LogP contribution in [-0.4, -0.2) is 72.4 Å². The predicted molar refractivity (Wildman–Crippen MR) is 173 cm³/mol. The zero-order chi connectivity index (χ0) is 32.7. The van der Waals surface area contributed by atoms with Gasteiger partial charge in [0.2, 0.25) is 0 Å². The van der Waals surface area contributed by atoms with Gasteiger partial charge in [0, 0.05) is 44.6 Å². The van der Waals surface area contributed by atoms with Crippen LogP contribution >= 0.6 is 0 Å². The van der Waals surface area contributed by atoms with Crippen molar-refractivity contribution in [2.75, 3.05) is 39.4 Å². The second kappa shape index (κ2) is 17.9. The maximum absolute atomic E-state index is 14.0. The lowest BCUT2D eigenvalue weighted by atomic mass is 9.97. The van der Waals surface area contributed by atoms with Crippen molar-refractivity contribution >= 4 is 17.8 Å². The molecular weight excluding hydrogens is 591 g/mol. The van der Waals surface area contributed by atoms with Crippen molar-refractivity contribution in [2.24, 2.45) is 0 Å². The van der Waals surface area contributed by atoms with Gasteiger partial charge < -0.3 is 29.9 Å². The first-order valence-electron chi connectivity index (χ1n) is 16.0. The molecule has 3 aromatic rings. The number of rotatable bonds is 18. The highest BCUT2D eigenvalue weighted by molar-refractivity contribution is 5.96. The van der Waals surface area contributed by atoms with Gasteiger partial charge in [-0.15, -0.1) is 0 Å². The number of halogens is 1. The third kappa shape index (κ3) is 10.9. The third-order valence-corrected chi connectivity index (χ3v) is 7.94. The highest BCUT2D eigenvalue weighted by Crippen LogP contribution is 2.29. The van der Waals surface area contributed by atoms with E-state index >= 15 is 0 Å². The van der Waals surface area contributed by atoms with Gasteiger partial charge in [0.15, 0.2) is 0 Å². The highest BCUT2D eigenvalue weighted by atomic mass is 19.1.